The van der Waals surface area contributed by atoms with E-state index in [4.69, 9.17) is 9.72 Å². The van der Waals surface area contributed by atoms with E-state index in [-0.39, 0.29) is 11.6 Å². The van der Waals surface area contributed by atoms with E-state index in [2.05, 4.69) is 24.4 Å². The zero-order valence-corrected chi connectivity index (χ0v) is 16.6. The number of aryl methyl sites for hydroxylation is 2. The molecular weight excluding hydrogens is 358 g/mol. The highest BCUT2D eigenvalue weighted by Gasteiger charge is 2.18. The van der Waals surface area contributed by atoms with E-state index in [0.29, 0.717) is 6.54 Å². The summed E-state index contributed by atoms with van der Waals surface area (Å²) in [5.74, 6) is 0.857. The largest absolute Gasteiger partial charge is 0.497 e. The maximum absolute atomic E-state index is 12.7. The van der Waals surface area contributed by atoms with Crippen molar-refractivity contribution in [2.75, 3.05) is 7.11 Å². The molecule has 2 aromatic heterocycles. The molecular formula is C21H25N3O2S. The van der Waals surface area contributed by atoms with Crippen molar-refractivity contribution in [2.24, 2.45) is 0 Å². The van der Waals surface area contributed by atoms with Crippen LogP contribution in [0.1, 0.15) is 54.1 Å². The molecule has 0 fully saturated rings. The molecule has 142 valence electrons. The Balaban J connectivity index is 1.54. The number of ether oxygens (including phenoxy) is 1. The van der Waals surface area contributed by atoms with Gasteiger partial charge in [0.05, 0.1) is 12.8 Å². The number of methoxy groups -OCH3 is 1. The number of nitrogens with one attached hydrogen (secondary N) is 1. The maximum atomic E-state index is 12.7. The van der Waals surface area contributed by atoms with Gasteiger partial charge in [-0.2, -0.15) is 0 Å². The first kappa shape index (κ1) is 18.2. The summed E-state index contributed by atoms with van der Waals surface area (Å²) >= 11 is 1.68. The molecule has 27 heavy (non-hydrogen) atoms. The zero-order chi connectivity index (χ0) is 18.8. The predicted molar refractivity (Wildman–Crippen MR) is 109 cm³/mol. The van der Waals surface area contributed by atoms with Crippen LogP contribution in [0.25, 0.3) is 4.96 Å². The van der Waals surface area contributed by atoms with Gasteiger partial charge in [-0.15, -0.1) is 11.3 Å². The quantitative estimate of drug-likeness (QED) is 0.702. The topological polar surface area (TPSA) is 55.6 Å². The lowest BCUT2D eigenvalue weighted by Crippen LogP contribution is -2.23. The van der Waals surface area contributed by atoms with E-state index >= 15 is 0 Å². The second-order valence-electron chi connectivity index (χ2n) is 7.00. The van der Waals surface area contributed by atoms with Crippen molar-refractivity contribution in [3.63, 3.8) is 0 Å². The lowest BCUT2D eigenvalue weighted by Gasteiger charge is -2.17. The van der Waals surface area contributed by atoms with Crippen molar-refractivity contribution in [1.82, 2.24) is 14.7 Å². The second kappa shape index (κ2) is 7.82. The van der Waals surface area contributed by atoms with Gasteiger partial charge in [-0.1, -0.05) is 19.1 Å². The Morgan fingerprint density at radius 3 is 2.78 bits per heavy atom. The normalized spacial score (nSPS) is 14.9. The van der Waals surface area contributed by atoms with Crippen molar-refractivity contribution in [3.05, 3.63) is 62.5 Å². The minimum absolute atomic E-state index is 0.0497. The predicted octanol–water partition coefficient (Wildman–Crippen LogP) is 3.88. The van der Waals surface area contributed by atoms with Gasteiger partial charge in [0.2, 0.25) is 0 Å². The van der Waals surface area contributed by atoms with Crippen LogP contribution in [0.2, 0.25) is 0 Å². The lowest BCUT2D eigenvalue weighted by molar-refractivity contribution is 0.414. The Morgan fingerprint density at radius 2 is 2.04 bits per heavy atom. The standard InChI is InChI=1S/C21H25N3O2S/c1-3-17(14-8-10-16(26-2)11-9-14)22-13-15-12-20(25)24-18-6-4-5-7-19(18)27-21(24)23-15/h8-12,17,22H,3-7,13H2,1-2H3/t17-/m1/s1. The van der Waals surface area contributed by atoms with E-state index in [1.54, 1.807) is 24.5 Å². The van der Waals surface area contributed by atoms with E-state index in [1.165, 1.54) is 22.6 Å². The Labute approximate surface area is 163 Å². The molecule has 3 aromatic rings. The Morgan fingerprint density at radius 1 is 1.26 bits per heavy atom. The fourth-order valence-corrected chi connectivity index (χ4v) is 5.03. The van der Waals surface area contributed by atoms with Crippen LogP contribution >= 0.6 is 11.3 Å². The number of hydrogen-bond acceptors (Lipinski definition) is 5. The number of rotatable bonds is 6. The molecule has 0 bridgehead atoms. The van der Waals surface area contributed by atoms with Crippen molar-refractivity contribution in [2.45, 2.75) is 51.6 Å². The van der Waals surface area contributed by atoms with Gasteiger partial charge < -0.3 is 10.1 Å². The van der Waals surface area contributed by atoms with Crippen molar-refractivity contribution >= 4 is 16.3 Å². The fourth-order valence-electron chi connectivity index (χ4n) is 3.79. The van der Waals surface area contributed by atoms with E-state index in [1.807, 2.05) is 16.5 Å². The molecule has 1 atom stereocenters. The molecule has 1 aliphatic rings. The van der Waals surface area contributed by atoms with Gasteiger partial charge in [-0.3, -0.25) is 9.20 Å². The summed E-state index contributed by atoms with van der Waals surface area (Å²) < 4.78 is 7.06. The van der Waals surface area contributed by atoms with Gasteiger partial charge in [-0.25, -0.2) is 4.98 Å². The first-order valence-electron chi connectivity index (χ1n) is 9.60. The number of thiazole rings is 1. The van der Waals surface area contributed by atoms with Gasteiger partial charge in [0.25, 0.3) is 5.56 Å². The van der Waals surface area contributed by atoms with Gasteiger partial charge in [0.15, 0.2) is 4.96 Å². The molecule has 0 radical (unpaired) electrons. The van der Waals surface area contributed by atoms with Crippen LogP contribution in [0.4, 0.5) is 0 Å². The van der Waals surface area contributed by atoms with Crippen LogP contribution in [0, 0.1) is 0 Å². The summed E-state index contributed by atoms with van der Waals surface area (Å²) in [4.78, 5) is 19.6. The molecule has 6 heteroatoms. The summed E-state index contributed by atoms with van der Waals surface area (Å²) in [7, 11) is 1.67. The number of aromatic nitrogens is 2. The smallest absolute Gasteiger partial charge is 0.259 e. The summed E-state index contributed by atoms with van der Waals surface area (Å²) in [6.07, 6.45) is 5.40. The molecule has 1 aliphatic carbocycles. The Kier molecular flexibility index (Phi) is 5.27. The van der Waals surface area contributed by atoms with Crippen molar-refractivity contribution < 1.29 is 4.74 Å². The first-order valence-corrected chi connectivity index (χ1v) is 10.4. The average molecular weight is 384 g/mol. The molecule has 0 unspecified atom stereocenters. The van der Waals surface area contributed by atoms with Crippen LogP contribution < -0.4 is 15.6 Å². The molecule has 1 aromatic carbocycles. The molecule has 5 nitrogen and oxygen atoms in total. The molecule has 0 spiro atoms. The molecule has 1 N–H and O–H groups in total. The second-order valence-corrected chi connectivity index (χ2v) is 8.06. The number of nitrogens with zero attached hydrogens (tertiary/aromatic N) is 2. The molecule has 0 saturated carbocycles. The van der Waals surface area contributed by atoms with Crippen molar-refractivity contribution in [1.29, 1.82) is 0 Å². The first-order chi connectivity index (χ1) is 13.2. The third kappa shape index (κ3) is 3.64. The van der Waals surface area contributed by atoms with Crippen molar-refractivity contribution in [3.8, 4) is 5.75 Å². The van der Waals surface area contributed by atoms with Crippen LogP contribution in [0.5, 0.6) is 5.75 Å². The van der Waals surface area contributed by atoms with Crippen LogP contribution in [0.3, 0.4) is 0 Å². The highest BCUT2D eigenvalue weighted by molar-refractivity contribution is 7.17. The minimum atomic E-state index is 0.0497. The molecule has 0 aliphatic heterocycles. The summed E-state index contributed by atoms with van der Waals surface area (Å²) in [6, 6.07) is 10.0. The van der Waals surface area contributed by atoms with Crippen LogP contribution in [0.15, 0.2) is 35.1 Å². The van der Waals surface area contributed by atoms with Gasteiger partial charge in [0.1, 0.15) is 5.75 Å². The summed E-state index contributed by atoms with van der Waals surface area (Å²) in [6.45, 7) is 2.74. The zero-order valence-electron chi connectivity index (χ0n) is 15.8. The molecule has 0 amide bonds. The SMILES string of the molecule is CC[C@@H](NCc1cc(=O)n2c3c(sc2n1)CCCC3)c1ccc(OC)cc1. The molecule has 4 rings (SSSR count). The molecule has 0 saturated heterocycles. The fraction of sp³-hybridized carbons (Fsp3) is 0.429. The number of hydrogen-bond donors (Lipinski definition) is 1. The van der Waals surface area contributed by atoms with E-state index in [9.17, 15) is 4.79 Å². The maximum Gasteiger partial charge on any atom is 0.259 e. The highest BCUT2D eigenvalue weighted by atomic mass is 32.1. The highest BCUT2D eigenvalue weighted by Crippen LogP contribution is 2.28. The number of benzene rings is 1. The van der Waals surface area contributed by atoms with Gasteiger partial charge in [-0.05, 0) is 49.8 Å². The molecule has 2 heterocycles. The van der Waals surface area contributed by atoms with Gasteiger partial charge in [0, 0.05) is 29.2 Å². The van der Waals surface area contributed by atoms with Crippen LogP contribution in [-0.2, 0) is 19.4 Å². The third-order valence-electron chi connectivity index (χ3n) is 5.27. The average Bonchev–Trinajstić information content (AvgIpc) is 3.08. The lowest BCUT2D eigenvalue weighted by atomic mass is 10.0. The number of fused-ring (bicyclic) bond motifs is 3. The summed E-state index contributed by atoms with van der Waals surface area (Å²) in [5, 5.41) is 3.55. The summed E-state index contributed by atoms with van der Waals surface area (Å²) in [5.41, 5.74) is 3.25. The minimum Gasteiger partial charge on any atom is -0.497 e. The van der Waals surface area contributed by atoms with Gasteiger partial charge >= 0.3 is 0 Å². The Hall–Kier alpha value is -2.18. The third-order valence-corrected chi connectivity index (χ3v) is 6.41. The van der Waals surface area contributed by atoms with E-state index in [0.717, 1.165) is 42.1 Å². The Bertz CT molecular complexity index is 991. The van der Waals surface area contributed by atoms with E-state index < -0.39 is 0 Å². The monoisotopic (exact) mass is 383 g/mol. The van der Waals surface area contributed by atoms with Crippen LogP contribution in [-0.4, -0.2) is 16.5 Å².